The Morgan fingerprint density at radius 1 is 1.50 bits per heavy atom. The number of carbonyl (C=O) groups is 1. The van der Waals surface area contributed by atoms with Gasteiger partial charge in [-0.3, -0.25) is 4.79 Å². The minimum atomic E-state index is -0.334. The van der Waals surface area contributed by atoms with E-state index in [2.05, 4.69) is 6.58 Å². The van der Waals surface area contributed by atoms with Gasteiger partial charge in [0.15, 0.2) is 0 Å². The quantitative estimate of drug-likeness (QED) is 0.278. The molecule has 0 spiro atoms. The molecule has 0 aliphatic heterocycles. The summed E-state index contributed by atoms with van der Waals surface area (Å²) in [4.78, 5) is 21.5. The van der Waals surface area contributed by atoms with E-state index in [0.717, 1.165) is 6.42 Å². The van der Waals surface area contributed by atoms with Crippen LogP contribution in [0.1, 0.15) is 40.5 Å². The Morgan fingerprint density at radius 2 is 2.12 bits per heavy atom. The monoisotopic (exact) mass is 230 g/mol. The molecule has 4 heteroatoms. The van der Waals surface area contributed by atoms with Gasteiger partial charge in [-0.2, -0.15) is 0 Å². The Morgan fingerprint density at radius 3 is 2.62 bits per heavy atom. The average Bonchev–Trinajstić information content (AvgIpc) is 2.24. The molecule has 1 atom stereocenters. The fourth-order valence-electron chi connectivity index (χ4n) is 0.751. The third-order valence-corrected chi connectivity index (χ3v) is 2.11. The van der Waals surface area contributed by atoms with Crippen LogP contribution < -0.4 is 0 Å². The van der Waals surface area contributed by atoms with Gasteiger partial charge < -0.3 is 4.74 Å². The Balaban J connectivity index is 3.77. The molecule has 0 aliphatic rings. The number of hydrogen-bond acceptors (Lipinski definition) is 4. The second kappa shape index (κ2) is 7.41. The first-order chi connectivity index (χ1) is 7.41. The maximum Gasteiger partial charge on any atom is 0.308 e. The Labute approximate surface area is 97.5 Å². The van der Waals surface area contributed by atoms with Crippen LogP contribution >= 0.6 is 0 Å². The first kappa shape index (κ1) is 15.1. The lowest BCUT2D eigenvalue weighted by atomic mass is 10.1. The Hall–Kier alpha value is -0.870. The number of esters is 1. The molecule has 0 aromatic rings. The van der Waals surface area contributed by atoms with Gasteiger partial charge in [-0.1, -0.05) is 19.6 Å². The molecule has 0 saturated carbocycles. The van der Waals surface area contributed by atoms with Gasteiger partial charge in [-0.05, 0) is 27.2 Å². The zero-order valence-corrected chi connectivity index (χ0v) is 10.6. The summed E-state index contributed by atoms with van der Waals surface area (Å²) in [6, 6.07) is 0. The fraction of sp³-hybridized carbons (Fsp3) is 0.750. The summed E-state index contributed by atoms with van der Waals surface area (Å²) >= 11 is 0. The Bertz CT molecular complexity index is 223. The molecule has 0 aliphatic carbocycles. The minimum absolute atomic E-state index is 0.174. The first-order valence-corrected chi connectivity index (χ1v) is 5.52. The zero-order chi connectivity index (χ0) is 12.6. The summed E-state index contributed by atoms with van der Waals surface area (Å²) in [7, 11) is 0. The lowest BCUT2D eigenvalue weighted by Gasteiger charge is -2.23. The molecule has 94 valence electrons. The van der Waals surface area contributed by atoms with E-state index in [1.165, 1.54) is 6.08 Å². The molecule has 0 heterocycles. The van der Waals surface area contributed by atoms with Gasteiger partial charge in [0.2, 0.25) is 0 Å². The van der Waals surface area contributed by atoms with E-state index < -0.39 is 0 Å². The molecule has 0 bridgehead atoms. The number of hydrogen-bond donors (Lipinski definition) is 0. The number of carbonyl (C=O) groups excluding carboxylic acids is 1. The average molecular weight is 230 g/mol. The molecule has 0 aromatic heterocycles. The van der Waals surface area contributed by atoms with Crippen LogP contribution in [0.15, 0.2) is 12.7 Å². The number of rotatable bonds is 8. The Kier molecular flexibility index (Phi) is 7.01. The van der Waals surface area contributed by atoms with Gasteiger partial charge in [0.05, 0.1) is 12.0 Å². The maximum atomic E-state index is 11.2. The highest BCUT2D eigenvalue weighted by atomic mass is 17.2. The van der Waals surface area contributed by atoms with Gasteiger partial charge in [0.1, 0.15) is 12.7 Å². The van der Waals surface area contributed by atoms with Crippen LogP contribution in [-0.2, 0) is 19.3 Å². The van der Waals surface area contributed by atoms with Crippen molar-refractivity contribution < 1.29 is 19.3 Å². The topological polar surface area (TPSA) is 44.8 Å². The zero-order valence-electron chi connectivity index (χ0n) is 10.6. The summed E-state index contributed by atoms with van der Waals surface area (Å²) in [6.07, 6.45) is 2.22. The third-order valence-electron chi connectivity index (χ3n) is 2.11. The van der Waals surface area contributed by atoms with E-state index in [1.807, 2.05) is 20.8 Å². The third kappa shape index (κ3) is 7.43. The van der Waals surface area contributed by atoms with E-state index >= 15 is 0 Å². The van der Waals surface area contributed by atoms with Crippen LogP contribution in [0.2, 0.25) is 0 Å². The van der Waals surface area contributed by atoms with Gasteiger partial charge in [-0.15, -0.1) is 0 Å². The summed E-state index contributed by atoms with van der Waals surface area (Å²) in [5.74, 6) is -0.315. The lowest BCUT2D eigenvalue weighted by molar-refractivity contribution is -0.374. The molecule has 16 heavy (non-hydrogen) atoms. The smallest absolute Gasteiger partial charge is 0.308 e. The highest BCUT2D eigenvalue weighted by Crippen LogP contribution is 2.15. The van der Waals surface area contributed by atoms with E-state index in [9.17, 15) is 4.79 Å². The van der Waals surface area contributed by atoms with Gasteiger partial charge >= 0.3 is 5.97 Å². The lowest BCUT2D eigenvalue weighted by Crippen LogP contribution is -2.27. The predicted molar refractivity (Wildman–Crippen MR) is 61.8 cm³/mol. The largest absolute Gasteiger partial charge is 0.461 e. The molecule has 0 rings (SSSR count). The van der Waals surface area contributed by atoms with Crippen molar-refractivity contribution in [2.45, 2.75) is 52.2 Å². The van der Waals surface area contributed by atoms with Crippen molar-refractivity contribution in [2.75, 3.05) is 6.61 Å². The van der Waals surface area contributed by atoms with Crippen molar-refractivity contribution in [3.63, 3.8) is 0 Å². The van der Waals surface area contributed by atoms with E-state index in [0.29, 0.717) is 0 Å². The summed E-state index contributed by atoms with van der Waals surface area (Å²) in [5.41, 5.74) is -0.334. The van der Waals surface area contributed by atoms with Crippen LogP contribution in [0, 0.1) is 0 Å². The molecule has 0 aromatic carbocycles. The van der Waals surface area contributed by atoms with Crippen LogP contribution in [0.4, 0.5) is 0 Å². The molecule has 0 amide bonds. The molecular weight excluding hydrogens is 208 g/mol. The summed E-state index contributed by atoms with van der Waals surface area (Å²) in [6.45, 7) is 11.3. The minimum Gasteiger partial charge on any atom is -0.461 e. The van der Waals surface area contributed by atoms with Crippen molar-refractivity contribution in [2.24, 2.45) is 0 Å². The highest BCUT2D eigenvalue weighted by Gasteiger charge is 2.20. The molecular formula is C12H22O4. The molecule has 4 nitrogen and oxygen atoms in total. The molecule has 0 fully saturated rings. The van der Waals surface area contributed by atoms with Crippen LogP contribution in [0.25, 0.3) is 0 Å². The molecule has 0 saturated heterocycles. The normalized spacial score (nSPS) is 13.2. The fourth-order valence-corrected chi connectivity index (χ4v) is 0.751. The highest BCUT2D eigenvalue weighted by molar-refractivity contribution is 5.69. The van der Waals surface area contributed by atoms with Crippen LogP contribution in [-0.4, -0.2) is 24.3 Å². The van der Waals surface area contributed by atoms with Crippen molar-refractivity contribution in [3.8, 4) is 0 Å². The second-order valence-corrected chi connectivity index (χ2v) is 4.28. The van der Waals surface area contributed by atoms with Crippen LogP contribution in [0.5, 0.6) is 0 Å². The summed E-state index contributed by atoms with van der Waals surface area (Å²) in [5, 5.41) is 0. The second-order valence-electron chi connectivity index (χ2n) is 4.28. The van der Waals surface area contributed by atoms with Gasteiger partial charge in [0, 0.05) is 0 Å². The SMILES string of the molecule is C=CCOC(=O)CC(C)OOC(C)(C)CC. The molecule has 0 radical (unpaired) electrons. The van der Waals surface area contributed by atoms with Gasteiger partial charge in [-0.25, -0.2) is 9.78 Å². The van der Waals surface area contributed by atoms with Crippen molar-refractivity contribution in [3.05, 3.63) is 12.7 Å². The van der Waals surface area contributed by atoms with E-state index in [1.54, 1.807) is 6.92 Å². The van der Waals surface area contributed by atoms with E-state index in [4.69, 9.17) is 14.5 Å². The number of ether oxygens (including phenoxy) is 1. The molecule has 1 unspecified atom stereocenters. The van der Waals surface area contributed by atoms with Crippen molar-refractivity contribution >= 4 is 5.97 Å². The standard InChI is InChI=1S/C12H22O4/c1-6-8-14-11(13)9-10(3)15-16-12(4,5)7-2/h6,10H,1,7-9H2,2-5H3. The summed E-state index contributed by atoms with van der Waals surface area (Å²) < 4.78 is 4.83. The van der Waals surface area contributed by atoms with Crippen LogP contribution in [0.3, 0.4) is 0 Å². The maximum absolute atomic E-state index is 11.2. The predicted octanol–water partition coefficient (Wildman–Crippen LogP) is 2.63. The van der Waals surface area contributed by atoms with Crippen molar-refractivity contribution in [1.82, 2.24) is 0 Å². The van der Waals surface area contributed by atoms with E-state index in [-0.39, 0.29) is 30.7 Å². The first-order valence-electron chi connectivity index (χ1n) is 5.52. The van der Waals surface area contributed by atoms with Gasteiger partial charge in [0.25, 0.3) is 0 Å². The molecule has 0 N–H and O–H groups in total. The van der Waals surface area contributed by atoms with Crippen molar-refractivity contribution in [1.29, 1.82) is 0 Å².